The molecule has 2 aromatic rings. The molecule has 0 amide bonds. The van der Waals surface area contributed by atoms with E-state index in [1.165, 1.54) is 11.1 Å². The second-order valence-corrected chi connectivity index (χ2v) is 3.64. The Kier molecular flexibility index (Phi) is 2.72. The fraction of sp³-hybridized carbons (Fsp3) is 0.250. The van der Waals surface area contributed by atoms with Crippen LogP contribution in [0.4, 0.5) is 5.82 Å². The van der Waals surface area contributed by atoms with Gasteiger partial charge in [0.05, 0.1) is 0 Å². The van der Waals surface area contributed by atoms with Crippen molar-refractivity contribution in [3.63, 3.8) is 0 Å². The highest BCUT2D eigenvalue weighted by Gasteiger charge is 2.03. The van der Waals surface area contributed by atoms with E-state index in [9.17, 15) is 0 Å². The van der Waals surface area contributed by atoms with E-state index in [0.717, 1.165) is 18.6 Å². The van der Waals surface area contributed by atoms with Gasteiger partial charge in [-0.1, -0.05) is 29.4 Å². The van der Waals surface area contributed by atoms with Crippen LogP contribution < -0.4 is 5.73 Å². The van der Waals surface area contributed by atoms with Gasteiger partial charge in [0.2, 0.25) is 0 Å². The summed E-state index contributed by atoms with van der Waals surface area (Å²) in [5.74, 6) is 1.30. The first-order valence-corrected chi connectivity index (χ1v) is 5.01. The predicted octanol–water partition coefficient (Wildman–Crippen LogP) is 2.35. The average Bonchev–Trinajstić information content (AvgIpc) is 2.63. The van der Waals surface area contributed by atoms with Gasteiger partial charge in [0.1, 0.15) is 5.76 Å². The van der Waals surface area contributed by atoms with Crippen molar-refractivity contribution in [2.45, 2.75) is 19.8 Å². The van der Waals surface area contributed by atoms with Crippen LogP contribution in [0.25, 0.3) is 0 Å². The minimum Gasteiger partial charge on any atom is -0.381 e. The van der Waals surface area contributed by atoms with E-state index in [4.69, 9.17) is 10.3 Å². The summed E-state index contributed by atoms with van der Waals surface area (Å²) in [6.07, 6.45) is 1.80. The predicted molar refractivity (Wildman–Crippen MR) is 59.5 cm³/mol. The van der Waals surface area contributed by atoms with Crippen molar-refractivity contribution < 1.29 is 4.52 Å². The molecular formula is C12H14N2O. The third-order valence-electron chi connectivity index (χ3n) is 2.48. The fourth-order valence-electron chi connectivity index (χ4n) is 1.60. The Hall–Kier alpha value is -1.77. The number of benzene rings is 1. The minimum absolute atomic E-state index is 0.454. The molecule has 0 aliphatic heterocycles. The summed E-state index contributed by atoms with van der Waals surface area (Å²) in [5, 5.41) is 3.65. The van der Waals surface area contributed by atoms with Crippen molar-refractivity contribution in [2.24, 2.45) is 0 Å². The number of hydrogen-bond acceptors (Lipinski definition) is 3. The normalized spacial score (nSPS) is 10.5. The van der Waals surface area contributed by atoms with E-state index in [1.54, 1.807) is 6.07 Å². The topological polar surface area (TPSA) is 52.0 Å². The van der Waals surface area contributed by atoms with Crippen molar-refractivity contribution in [2.75, 3.05) is 5.73 Å². The van der Waals surface area contributed by atoms with Gasteiger partial charge in [0.15, 0.2) is 5.82 Å². The Morgan fingerprint density at radius 3 is 2.73 bits per heavy atom. The molecule has 0 saturated heterocycles. The molecule has 0 aliphatic rings. The molecule has 0 fully saturated rings. The Morgan fingerprint density at radius 2 is 2.07 bits per heavy atom. The van der Waals surface area contributed by atoms with Crippen molar-refractivity contribution in [3.8, 4) is 0 Å². The summed E-state index contributed by atoms with van der Waals surface area (Å²) >= 11 is 0. The van der Waals surface area contributed by atoms with Gasteiger partial charge in [-0.2, -0.15) is 0 Å². The van der Waals surface area contributed by atoms with Gasteiger partial charge in [0.25, 0.3) is 0 Å². The summed E-state index contributed by atoms with van der Waals surface area (Å²) in [6.45, 7) is 2.12. The van der Waals surface area contributed by atoms with Crippen LogP contribution in [0.3, 0.4) is 0 Å². The van der Waals surface area contributed by atoms with Gasteiger partial charge >= 0.3 is 0 Å². The number of nitrogen functional groups attached to an aromatic ring is 1. The zero-order valence-corrected chi connectivity index (χ0v) is 8.73. The molecule has 1 aromatic heterocycles. The highest BCUT2D eigenvalue weighted by molar-refractivity contribution is 5.29. The molecule has 2 rings (SSSR count). The fourth-order valence-corrected chi connectivity index (χ4v) is 1.60. The molecule has 0 spiro atoms. The third kappa shape index (κ3) is 2.37. The van der Waals surface area contributed by atoms with Crippen LogP contribution >= 0.6 is 0 Å². The van der Waals surface area contributed by atoms with E-state index >= 15 is 0 Å². The number of anilines is 1. The van der Waals surface area contributed by atoms with Crippen LogP contribution in [0.2, 0.25) is 0 Å². The molecule has 3 heteroatoms. The van der Waals surface area contributed by atoms with Crippen LogP contribution in [0.5, 0.6) is 0 Å². The molecule has 0 radical (unpaired) electrons. The summed E-state index contributed by atoms with van der Waals surface area (Å²) in [6, 6.07) is 10.1. The van der Waals surface area contributed by atoms with Crippen molar-refractivity contribution in [1.82, 2.24) is 5.16 Å². The lowest BCUT2D eigenvalue weighted by atomic mass is 10.0. The molecule has 3 nitrogen and oxygen atoms in total. The highest BCUT2D eigenvalue weighted by atomic mass is 16.5. The third-order valence-corrected chi connectivity index (χ3v) is 2.48. The van der Waals surface area contributed by atoms with Crippen LogP contribution in [-0.2, 0) is 12.8 Å². The molecule has 1 aromatic carbocycles. The summed E-state index contributed by atoms with van der Waals surface area (Å²) in [4.78, 5) is 0. The van der Waals surface area contributed by atoms with Gasteiger partial charge in [-0.25, -0.2) is 0 Å². The molecule has 0 atom stereocenters. The monoisotopic (exact) mass is 202 g/mol. The SMILES string of the molecule is Cc1ccccc1CCc1cc(N)no1. The Balaban J connectivity index is 2.02. The summed E-state index contributed by atoms with van der Waals surface area (Å²) in [5.41, 5.74) is 8.12. The maximum Gasteiger partial charge on any atom is 0.167 e. The molecule has 0 unspecified atom stereocenters. The number of hydrogen-bond donors (Lipinski definition) is 1. The number of rotatable bonds is 3. The zero-order chi connectivity index (χ0) is 10.7. The lowest BCUT2D eigenvalue weighted by molar-refractivity contribution is 0.386. The number of aryl methyl sites for hydroxylation is 3. The minimum atomic E-state index is 0.454. The number of aromatic nitrogens is 1. The Labute approximate surface area is 88.9 Å². The lowest BCUT2D eigenvalue weighted by Crippen LogP contribution is -1.92. The van der Waals surface area contributed by atoms with Crippen molar-refractivity contribution in [1.29, 1.82) is 0 Å². The first kappa shape index (κ1) is 9.77. The van der Waals surface area contributed by atoms with Gasteiger partial charge in [-0.05, 0) is 24.5 Å². The quantitative estimate of drug-likeness (QED) is 0.831. The second kappa shape index (κ2) is 4.17. The zero-order valence-electron chi connectivity index (χ0n) is 8.73. The first-order valence-electron chi connectivity index (χ1n) is 5.01. The van der Waals surface area contributed by atoms with E-state index in [-0.39, 0.29) is 0 Å². The largest absolute Gasteiger partial charge is 0.381 e. The first-order chi connectivity index (χ1) is 7.25. The molecule has 1 heterocycles. The standard InChI is InChI=1S/C12H14N2O/c1-9-4-2-3-5-10(9)6-7-11-8-12(13)14-15-11/h2-5,8H,6-7H2,1H3,(H2,13,14). The number of nitrogens with two attached hydrogens (primary N) is 1. The van der Waals surface area contributed by atoms with Crippen LogP contribution in [-0.4, -0.2) is 5.16 Å². The molecule has 2 N–H and O–H groups in total. The smallest absolute Gasteiger partial charge is 0.167 e. The van der Waals surface area contributed by atoms with Crippen LogP contribution in [0.1, 0.15) is 16.9 Å². The second-order valence-electron chi connectivity index (χ2n) is 3.64. The molecule has 15 heavy (non-hydrogen) atoms. The van der Waals surface area contributed by atoms with Crippen molar-refractivity contribution >= 4 is 5.82 Å². The molecule has 0 saturated carbocycles. The maximum absolute atomic E-state index is 5.47. The summed E-state index contributed by atoms with van der Waals surface area (Å²) in [7, 11) is 0. The lowest BCUT2D eigenvalue weighted by Gasteiger charge is -2.02. The van der Waals surface area contributed by atoms with Gasteiger partial charge in [-0.15, -0.1) is 0 Å². The van der Waals surface area contributed by atoms with Crippen LogP contribution in [0, 0.1) is 6.92 Å². The van der Waals surface area contributed by atoms with E-state index in [1.807, 2.05) is 6.07 Å². The molecule has 0 aliphatic carbocycles. The van der Waals surface area contributed by atoms with E-state index in [0.29, 0.717) is 5.82 Å². The number of nitrogens with zero attached hydrogens (tertiary/aromatic N) is 1. The van der Waals surface area contributed by atoms with Gasteiger partial charge < -0.3 is 10.3 Å². The Bertz CT molecular complexity index is 448. The van der Waals surface area contributed by atoms with Gasteiger partial charge in [0, 0.05) is 12.5 Å². The summed E-state index contributed by atoms with van der Waals surface area (Å²) < 4.78 is 5.05. The molecular weight excluding hydrogens is 188 g/mol. The average molecular weight is 202 g/mol. The Morgan fingerprint density at radius 1 is 1.27 bits per heavy atom. The molecule has 0 bridgehead atoms. The van der Waals surface area contributed by atoms with Crippen molar-refractivity contribution in [3.05, 3.63) is 47.2 Å². The van der Waals surface area contributed by atoms with Crippen LogP contribution in [0.15, 0.2) is 34.9 Å². The molecule has 78 valence electrons. The maximum atomic E-state index is 5.47. The van der Waals surface area contributed by atoms with E-state index < -0.39 is 0 Å². The highest BCUT2D eigenvalue weighted by Crippen LogP contribution is 2.12. The van der Waals surface area contributed by atoms with E-state index in [2.05, 4.69) is 30.3 Å². The van der Waals surface area contributed by atoms with Gasteiger partial charge in [-0.3, -0.25) is 0 Å².